The van der Waals surface area contributed by atoms with Gasteiger partial charge in [-0.05, 0) is 48.7 Å². The van der Waals surface area contributed by atoms with E-state index in [2.05, 4.69) is 10.6 Å². The molecule has 2 saturated heterocycles. The lowest BCUT2D eigenvalue weighted by molar-refractivity contribution is -0.140. The lowest BCUT2D eigenvalue weighted by atomic mass is 10.0. The van der Waals surface area contributed by atoms with E-state index in [4.69, 9.17) is 4.74 Å². The van der Waals surface area contributed by atoms with Gasteiger partial charge in [0.25, 0.3) is 5.91 Å². The molecule has 39 heavy (non-hydrogen) atoms. The van der Waals surface area contributed by atoms with Crippen LogP contribution in [0.2, 0.25) is 0 Å². The van der Waals surface area contributed by atoms with Crippen molar-refractivity contribution in [2.75, 3.05) is 19.6 Å². The molecular formula is C28H31F3N4O4. The Morgan fingerprint density at radius 2 is 1.85 bits per heavy atom. The van der Waals surface area contributed by atoms with Crippen LogP contribution in [0, 0.1) is 0 Å². The van der Waals surface area contributed by atoms with Crippen molar-refractivity contribution in [3.8, 4) is 5.75 Å². The number of benzene rings is 2. The summed E-state index contributed by atoms with van der Waals surface area (Å²) >= 11 is 0. The molecule has 2 aromatic carbocycles. The van der Waals surface area contributed by atoms with E-state index >= 15 is 0 Å². The van der Waals surface area contributed by atoms with Gasteiger partial charge in [0.2, 0.25) is 11.8 Å². The molecule has 0 spiro atoms. The van der Waals surface area contributed by atoms with E-state index in [0.717, 1.165) is 5.56 Å². The molecule has 208 valence electrons. The van der Waals surface area contributed by atoms with Crippen LogP contribution < -0.4 is 15.4 Å². The third-order valence-electron chi connectivity index (χ3n) is 7.55. The van der Waals surface area contributed by atoms with E-state index in [1.54, 1.807) is 23.1 Å². The first-order chi connectivity index (χ1) is 18.7. The number of piperidine rings is 2. The van der Waals surface area contributed by atoms with Crippen LogP contribution in [0.25, 0.3) is 0 Å². The highest BCUT2D eigenvalue weighted by molar-refractivity contribution is 6.05. The first-order valence-electron chi connectivity index (χ1n) is 13.2. The van der Waals surface area contributed by atoms with Crippen LogP contribution in [-0.2, 0) is 22.7 Å². The highest BCUT2D eigenvalue weighted by Gasteiger charge is 2.39. The smallest absolute Gasteiger partial charge is 0.390 e. The number of rotatable bonds is 8. The second-order valence-corrected chi connectivity index (χ2v) is 10.3. The number of imide groups is 1. The zero-order valence-electron chi connectivity index (χ0n) is 21.4. The van der Waals surface area contributed by atoms with Gasteiger partial charge in [0.05, 0.1) is 6.42 Å². The van der Waals surface area contributed by atoms with Gasteiger partial charge in [0.15, 0.2) is 0 Å². The third kappa shape index (κ3) is 6.59. The molecule has 3 aliphatic heterocycles. The largest absolute Gasteiger partial charge is 0.487 e. The predicted octanol–water partition coefficient (Wildman–Crippen LogP) is 3.01. The molecule has 0 aliphatic carbocycles. The number of alkyl halides is 3. The van der Waals surface area contributed by atoms with Crippen molar-refractivity contribution >= 4 is 17.7 Å². The second-order valence-electron chi connectivity index (χ2n) is 10.3. The minimum Gasteiger partial charge on any atom is -0.487 e. The number of hydrogen-bond donors (Lipinski definition) is 2. The Kier molecular flexibility index (Phi) is 7.90. The van der Waals surface area contributed by atoms with Gasteiger partial charge in [-0.3, -0.25) is 24.6 Å². The van der Waals surface area contributed by atoms with Gasteiger partial charge in [-0.2, -0.15) is 13.2 Å². The molecule has 3 amide bonds. The van der Waals surface area contributed by atoms with Crippen molar-refractivity contribution in [1.82, 2.24) is 20.4 Å². The molecule has 0 saturated carbocycles. The molecule has 11 heteroatoms. The quantitative estimate of drug-likeness (QED) is 0.497. The van der Waals surface area contributed by atoms with Gasteiger partial charge in [-0.15, -0.1) is 0 Å². The van der Waals surface area contributed by atoms with E-state index in [0.29, 0.717) is 42.9 Å². The Hall–Kier alpha value is -3.44. The van der Waals surface area contributed by atoms with Crippen molar-refractivity contribution in [3.05, 3.63) is 65.2 Å². The predicted molar refractivity (Wildman–Crippen MR) is 136 cm³/mol. The molecule has 8 nitrogen and oxygen atoms in total. The fourth-order valence-corrected chi connectivity index (χ4v) is 5.47. The van der Waals surface area contributed by atoms with Crippen LogP contribution in [0.1, 0.15) is 47.2 Å². The summed E-state index contributed by atoms with van der Waals surface area (Å²) in [7, 11) is 0. The van der Waals surface area contributed by atoms with Crippen LogP contribution in [0.15, 0.2) is 48.5 Å². The van der Waals surface area contributed by atoms with Crippen LogP contribution in [-0.4, -0.2) is 71.5 Å². The zero-order valence-corrected chi connectivity index (χ0v) is 21.4. The zero-order chi connectivity index (χ0) is 27.6. The molecule has 0 aromatic heterocycles. The lowest BCUT2D eigenvalue weighted by Crippen LogP contribution is -2.55. The number of fused-ring (bicyclic) bond motifs is 1. The van der Waals surface area contributed by atoms with Crippen molar-refractivity contribution in [2.24, 2.45) is 0 Å². The molecule has 5 rings (SSSR count). The van der Waals surface area contributed by atoms with E-state index in [1.807, 2.05) is 30.3 Å². The van der Waals surface area contributed by atoms with Crippen LogP contribution in [0.4, 0.5) is 13.2 Å². The number of carbonyl (C=O) groups excluding carboxylic acids is 3. The summed E-state index contributed by atoms with van der Waals surface area (Å²) in [4.78, 5) is 40.1. The Bertz CT molecular complexity index is 1220. The van der Waals surface area contributed by atoms with Gasteiger partial charge in [-0.1, -0.05) is 30.3 Å². The number of amides is 3. The van der Waals surface area contributed by atoms with Gasteiger partial charge < -0.3 is 15.0 Å². The highest BCUT2D eigenvalue weighted by atomic mass is 19.4. The summed E-state index contributed by atoms with van der Waals surface area (Å²) < 4.78 is 44.9. The minimum atomic E-state index is -4.22. The van der Waals surface area contributed by atoms with Crippen molar-refractivity contribution in [1.29, 1.82) is 0 Å². The molecule has 3 heterocycles. The van der Waals surface area contributed by atoms with Gasteiger partial charge >= 0.3 is 6.18 Å². The van der Waals surface area contributed by atoms with Crippen molar-refractivity contribution in [3.63, 3.8) is 0 Å². The first-order valence-corrected chi connectivity index (χ1v) is 13.2. The maximum absolute atomic E-state index is 13.0. The Morgan fingerprint density at radius 1 is 1.05 bits per heavy atom. The average Bonchev–Trinajstić information content (AvgIpc) is 3.22. The normalized spacial score (nSPS) is 24.0. The topological polar surface area (TPSA) is 91.0 Å². The van der Waals surface area contributed by atoms with Gasteiger partial charge in [0.1, 0.15) is 17.9 Å². The molecular weight excluding hydrogens is 513 g/mol. The molecule has 3 aliphatic rings. The molecule has 0 radical (unpaired) electrons. The van der Waals surface area contributed by atoms with Crippen LogP contribution >= 0.6 is 0 Å². The van der Waals surface area contributed by atoms with E-state index in [1.165, 1.54) is 4.90 Å². The molecule has 2 fully saturated rings. The monoisotopic (exact) mass is 544 g/mol. The van der Waals surface area contributed by atoms with E-state index in [-0.39, 0.29) is 43.8 Å². The number of hydrogen-bond acceptors (Lipinski definition) is 6. The van der Waals surface area contributed by atoms with Crippen molar-refractivity contribution < 1.29 is 32.3 Å². The highest BCUT2D eigenvalue weighted by Crippen LogP contribution is 2.31. The summed E-state index contributed by atoms with van der Waals surface area (Å²) in [6.45, 7) is 1.60. The molecule has 3 atom stereocenters. The number of ether oxygens (including phenoxy) is 1. The number of halogens is 3. The maximum Gasteiger partial charge on any atom is 0.390 e. The number of nitrogens with zero attached hydrogens (tertiary/aromatic N) is 2. The Labute approximate surface area is 224 Å². The maximum atomic E-state index is 13.0. The second kappa shape index (κ2) is 11.4. The minimum absolute atomic E-state index is 0.0813. The third-order valence-corrected chi connectivity index (χ3v) is 7.55. The van der Waals surface area contributed by atoms with Crippen molar-refractivity contribution in [2.45, 2.75) is 63.1 Å². The summed E-state index contributed by atoms with van der Waals surface area (Å²) in [6, 6.07) is 14.2. The summed E-state index contributed by atoms with van der Waals surface area (Å²) in [5.41, 5.74) is 2.28. The number of nitrogens with one attached hydrogen (secondary N) is 2. The lowest BCUT2D eigenvalue weighted by Gasteiger charge is -2.39. The molecule has 3 unspecified atom stereocenters. The Balaban J connectivity index is 1.28. The van der Waals surface area contributed by atoms with Crippen LogP contribution in [0.3, 0.4) is 0 Å². The SMILES string of the molecule is O=C1CCC(N2Cc3cc(OC4CN(CCC(F)(F)F)CCC4NCc4ccccc4)ccc3C2=O)C(=O)N1. The number of likely N-dealkylation sites (tertiary alicyclic amines) is 1. The Morgan fingerprint density at radius 3 is 2.59 bits per heavy atom. The summed E-state index contributed by atoms with van der Waals surface area (Å²) in [6.07, 6.45) is -4.43. The summed E-state index contributed by atoms with van der Waals surface area (Å²) in [5, 5.41) is 5.80. The standard InChI is InChI=1S/C28H31F3N4O4/c29-28(30,31)11-13-34-12-10-22(32-15-18-4-2-1-3-5-18)24(17-34)39-20-6-7-21-19(14-20)16-35(27(21)38)23-8-9-25(36)33-26(23)37/h1-7,14,22-24,32H,8-13,15-17H2,(H,33,36,37). The van der Waals surface area contributed by atoms with E-state index < -0.39 is 30.7 Å². The molecule has 2 aromatic rings. The van der Waals surface area contributed by atoms with Gasteiger partial charge in [0, 0.05) is 44.2 Å². The van der Waals surface area contributed by atoms with E-state index in [9.17, 15) is 27.6 Å². The fraction of sp³-hybridized carbons (Fsp3) is 0.464. The summed E-state index contributed by atoms with van der Waals surface area (Å²) in [5.74, 6) is -0.578. The van der Waals surface area contributed by atoms with Gasteiger partial charge in [-0.25, -0.2) is 0 Å². The number of carbonyl (C=O) groups is 3. The average molecular weight is 545 g/mol. The fourth-order valence-electron chi connectivity index (χ4n) is 5.47. The first kappa shape index (κ1) is 27.1. The van der Waals surface area contributed by atoms with Crippen LogP contribution in [0.5, 0.6) is 5.75 Å². The molecule has 0 bridgehead atoms. The molecule has 2 N–H and O–H groups in total.